The summed E-state index contributed by atoms with van der Waals surface area (Å²) in [5.74, 6) is 0.623. The van der Waals surface area contributed by atoms with Gasteiger partial charge in [0.2, 0.25) is 0 Å². The summed E-state index contributed by atoms with van der Waals surface area (Å²) in [6.07, 6.45) is 1.19. The number of fused-ring (bicyclic) bond motifs is 1. The van der Waals surface area contributed by atoms with E-state index in [1.54, 1.807) is 17.8 Å². The molecule has 1 amide bonds. The lowest BCUT2D eigenvalue weighted by Crippen LogP contribution is -2.10. The molecule has 0 fully saturated rings. The van der Waals surface area contributed by atoms with Crippen molar-refractivity contribution in [3.05, 3.63) is 22.7 Å². The van der Waals surface area contributed by atoms with Gasteiger partial charge in [-0.1, -0.05) is 24.9 Å². The van der Waals surface area contributed by atoms with E-state index in [0.717, 1.165) is 23.5 Å². The van der Waals surface area contributed by atoms with Gasteiger partial charge in [-0.05, 0) is 24.3 Å². The fourth-order valence-electron chi connectivity index (χ4n) is 1.68. The minimum Gasteiger partial charge on any atom is -0.378 e. The third-order valence-electron chi connectivity index (χ3n) is 2.66. The van der Waals surface area contributed by atoms with Crippen molar-refractivity contribution < 1.29 is 9.90 Å². The van der Waals surface area contributed by atoms with Crippen LogP contribution >= 0.6 is 23.4 Å². The number of nitrogens with one attached hydrogen (secondary N) is 1. The van der Waals surface area contributed by atoms with Gasteiger partial charge >= 0.3 is 0 Å². The minimum atomic E-state index is -1.09. The van der Waals surface area contributed by atoms with Crippen molar-refractivity contribution in [2.75, 3.05) is 11.1 Å². The molecule has 0 spiro atoms. The summed E-state index contributed by atoms with van der Waals surface area (Å²) in [5.41, 5.74) is 1.24. The van der Waals surface area contributed by atoms with E-state index in [4.69, 9.17) is 11.6 Å². The molecule has 1 aliphatic heterocycles. The van der Waals surface area contributed by atoms with Crippen LogP contribution in [0.1, 0.15) is 31.4 Å². The standard InChI is InChI=1S/C12H14ClNO2S/c1-2-3-4-17-10-6-9-7(5-8(10)13)11(15)12(16)14-9/h5-6,11,15H,2-4H2,1H3,(H,14,16). The summed E-state index contributed by atoms with van der Waals surface area (Å²) in [6, 6.07) is 3.51. The second-order valence-electron chi connectivity index (χ2n) is 3.96. The maximum atomic E-state index is 11.3. The molecule has 3 nitrogen and oxygen atoms in total. The predicted octanol–water partition coefficient (Wildman–Crippen LogP) is 3.22. The Bertz CT molecular complexity index is 450. The van der Waals surface area contributed by atoms with Gasteiger partial charge in [0.15, 0.2) is 6.10 Å². The Morgan fingerprint density at radius 1 is 1.53 bits per heavy atom. The number of hydrogen-bond donors (Lipinski definition) is 2. The number of aliphatic hydroxyl groups is 1. The third-order valence-corrected chi connectivity index (χ3v) is 4.23. The number of anilines is 1. The number of rotatable bonds is 4. The number of carbonyl (C=O) groups is 1. The van der Waals surface area contributed by atoms with Gasteiger partial charge in [-0.3, -0.25) is 4.79 Å². The fourth-order valence-corrected chi connectivity index (χ4v) is 3.07. The van der Waals surface area contributed by atoms with E-state index in [-0.39, 0.29) is 5.91 Å². The normalized spacial score (nSPS) is 18.1. The molecule has 0 aliphatic carbocycles. The molecular weight excluding hydrogens is 258 g/mol. The van der Waals surface area contributed by atoms with Gasteiger partial charge in [0.25, 0.3) is 5.91 Å². The molecular formula is C12H14ClNO2S. The van der Waals surface area contributed by atoms with E-state index in [0.29, 0.717) is 16.3 Å². The summed E-state index contributed by atoms with van der Waals surface area (Å²) in [4.78, 5) is 12.3. The Morgan fingerprint density at radius 3 is 3.00 bits per heavy atom. The number of amides is 1. The average molecular weight is 272 g/mol. The molecule has 1 aromatic carbocycles. The summed E-state index contributed by atoms with van der Waals surface area (Å²) < 4.78 is 0. The smallest absolute Gasteiger partial charge is 0.257 e. The van der Waals surface area contributed by atoms with Crippen LogP contribution in [-0.4, -0.2) is 16.8 Å². The molecule has 1 aliphatic rings. The van der Waals surface area contributed by atoms with Crippen molar-refractivity contribution >= 4 is 35.0 Å². The Kier molecular flexibility index (Phi) is 3.97. The van der Waals surface area contributed by atoms with E-state index < -0.39 is 6.10 Å². The number of halogens is 1. The minimum absolute atomic E-state index is 0.383. The zero-order valence-electron chi connectivity index (χ0n) is 9.50. The maximum Gasteiger partial charge on any atom is 0.257 e. The molecule has 1 unspecified atom stereocenters. The molecule has 1 heterocycles. The van der Waals surface area contributed by atoms with E-state index >= 15 is 0 Å². The lowest BCUT2D eigenvalue weighted by molar-refractivity contribution is -0.123. The molecule has 0 aromatic heterocycles. The molecule has 2 N–H and O–H groups in total. The van der Waals surface area contributed by atoms with Gasteiger partial charge in [-0.15, -0.1) is 11.8 Å². The maximum absolute atomic E-state index is 11.3. The van der Waals surface area contributed by atoms with Crippen LogP contribution in [-0.2, 0) is 4.79 Å². The van der Waals surface area contributed by atoms with Crippen LogP contribution in [0.15, 0.2) is 17.0 Å². The second kappa shape index (κ2) is 5.29. The van der Waals surface area contributed by atoms with Gasteiger partial charge in [-0.2, -0.15) is 0 Å². The van der Waals surface area contributed by atoms with Crippen LogP contribution in [0.4, 0.5) is 5.69 Å². The van der Waals surface area contributed by atoms with E-state index in [9.17, 15) is 9.90 Å². The Balaban J connectivity index is 2.21. The number of aliphatic hydroxyl groups excluding tert-OH is 1. The first-order chi connectivity index (χ1) is 8.13. The molecule has 0 saturated carbocycles. The van der Waals surface area contributed by atoms with Crippen LogP contribution < -0.4 is 5.32 Å². The zero-order valence-corrected chi connectivity index (χ0v) is 11.1. The highest BCUT2D eigenvalue weighted by Gasteiger charge is 2.29. The van der Waals surface area contributed by atoms with Gasteiger partial charge in [-0.25, -0.2) is 0 Å². The Labute approximate surface area is 110 Å². The zero-order chi connectivity index (χ0) is 12.4. The monoisotopic (exact) mass is 271 g/mol. The highest BCUT2D eigenvalue weighted by atomic mass is 35.5. The number of hydrogen-bond acceptors (Lipinski definition) is 3. The topological polar surface area (TPSA) is 49.3 Å². The van der Waals surface area contributed by atoms with Crippen molar-refractivity contribution in [2.24, 2.45) is 0 Å². The van der Waals surface area contributed by atoms with E-state index in [1.807, 2.05) is 6.07 Å². The molecule has 2 rings (SSSR count). The van der Waals surface area contributed by atoms with Gasteiger partial charge in [0.05, 0.1) is 5.02 Å². The largest absolute Gasteiger partial charge is 0.378 e. The number of unbranched alkanes of at least 4 members (excludes halogenated alkanes) is 1. The number of thioether (sulfide) groups is 1. The molecule has 1 atom stereocenters. The molecule has 0 radical (unpaired) electrons. The molecule has 92 valence electrons. The van der Waals surface area contributed by atoms with Gasteiger partial charge < -0.3 is 10.4 Å². The first-order valence-corrected chi connectivity index (χ1v) is 6.95. The molecule has 0 saturated heterocycles. The summed E-state index contributed by atoms with van der Waals surface area (Å²) in [7, 11) is 0. The van der Waals surface area contributed by atoms with Crippen molar-refractivity contribution in [3.8, 4) is 0 Å². The Hall–Kier alpha value is -0.710. The summed E-state index contributed by atoms with van der Waals surface area (Å²) in [5, 5.41) is 12.8. The second-order valence-corrected chi connectivity index (χ2v) is 5.51. The molecule has 5 heteroatoms. The third kappa shape index (κ3) is 2.59. The van der Waals surface area contributed by atoms with Gasteiger partial charge in [0, 0.05) is 16.1 Å². The fraction of sp³-hybridized carbons (Fsp3) is 0.417. The Morgan fingerprint density at radius 2 is 2.29 bits per heavy atom. The van der Waals surface area contributed by atoms with Crippen LogP contribution in [0.5, 0.6) is 0 Å². The summed E-state index contributed by atoms with van der Waals surface area (Å²) >= 11 is 7.80. The number of benzene rings is 1. The van der Waals surface area contributed by atoms with Crippen LogP contribution in [0, 0.1) is 0 Å². The van der Waals surface area contributed by atoms with E-state index in [2.05, 4.69) is 12.2 Å². The first kappa shape index (κ1) is 12.7. The van der Waals surface area contributed by atoms with Crippen molar-refractivity contribution in [2.45, 2.75) is 30.8 Å². The van der Waals surface area contributed by atoms with Crippen molar-refractivity contribution in [1.82, 2.24) is 0 Å². The van der Waals surface area contributed by atoms with Gasteiger partial charge in [0.1, 0.15) is 0 Å². The average Bonchev–Trinajstić information content (AvgIpc) is 2.56. The molecule has 17 heavy (non-hydrogen) atoms. The van der Waals surface area contributed by atoms with Crippen LogP contribution in [0.25, 0.3) is 0 Å². The van der Waals surface area contributed by atoms with Crippen molar-refractivity contribution in [3.63, 3.8) is 0 Å². The number of carbonyl (C=O) groups excluding carboxylic acids is 1. The predicted molar refractivity (Wildman–Crippen MR) is 70.7 cm³/mol. The summed E-state index contributed by atoms with van der Waals surface area (Å²) in [6.45, 7) is 2.14. The van der Waals surface area contributed by atoms with Crippen LogP contribution in [0.2, 0.25) is 5.02 Å². The molecule has 0 bridgehead atoms. The highest BCUT2D eigenvalue weighted by Crippen LogP contribution is 2.38. The lowest BCUT2D eigenvalue weighted by atomic mass is 10.1. The SMILES string of the molecule is CCCCSc1cc2c(cc1Cl)C(O)C(=O)N2. The van der Waals surface area contributed by atoms with Crippen molar-refractivity contribution in [1.29, 1.82) is 0 Å². The van der Waals surface area contributed by atoms with Crippen LogP contribution in [0.3, 0.4) is 0 Å². The molecule has 1 aromatic rings. The van der Waals surface area contributed by atoms with E-state index in [1.165, 1.54) is 0 Å². The first-order valence-electron chi connectivity index (χ1n) is 5.58. The lowest BCUT2D eigenvalue weighted by Gasteiger charge is -2.07. The quantitative estimate of drug-likeness (QED) is 0.653. The highest BCUT2D eigenvalue weighted by molar-refractivity contribution is 7.99.